The van der Waals surface area contributed by atoms with Crippen LogP contribution in [0.4, 0.5) is 0 Å². The van der Waals surface area contributed by atoms with Crippen LogP contribution >= 0.6 is 11.3 Å². The lowest BCUT2D eigenvalue weighted by Gasteiger charge is -2.21. The second kappa shape index (κ2) is 5.96. The number of hydrogen-bond donors (Lipinski definition) is 1. The smallest absolute Gasteiger partial charge is 0.110 e. The van der Waals surface area contributed by atoms with Crippen molar-refractivity contribution in [2.24, 2.45) is 5.92 Å². The number of aromatic nitrogens is 1. The lowest BCUT2D eigenvalue weighted by Crippen LogP contribution is -2.26. The first-order chi connectivity index (χ1) is 8.26. The maximum Gasteiger partial charge on any atom is 0.110 e. The van der Waals surface area contributed by atoms with Crippen LogP contribution in [0.25, 0.3) is 0 Å². The molecule has 0 aromatic carbocycles. The fraction of sp³-hybridized carbons (Fsp3) is 0.786. The molecule has 1 aliphatic rings. The number of hydrogen-bond acceptors (Lipinski definition) is 3. The Morgan fingerprint density at radius 3 is 2.71 bits per heavy atom. The van der Waals surface area contributed by atoms with Crippen molar-refractivity contribution in [3.63, 3.8) is 0 Å². The van der Waals surface area contributed by atoms with Crippen LogP contribution in [0.15, 0.2) is 0 Å². The molecule has 0 amide bonds. The lowest BCUT2D eigenvalue weighted by atomic mass is 9.99. The highest BCUT2D eigenvalue weighted by atomic mass is 32.1. The Hall–Kier alpha value is -0.410. The van der Waals surface area contributed by atoms with Crippen molar-refractivity contribution >= 4 is 11.3 Å². The molecule has 0 saturated carbocycles. The SMILES string of the molecule is CCNC(c1nc2c(s1)CCCC2)C(C)CC. The van der Waals surface area contributed by atoms with Gasteiger partial charge in [0.05, 0.1) is 11.7 Å². The third-order valence-electron chi connectivity index (χ3n) is 3.77. The average molecular weight is 252 g/mol. The van der Waals surface area contributed by atoms with E-state index in [2.05, 4.69) is 26.1 Å². The Labute approximate surface area is 109 Å². The predicted octanol–water partition coefficient (Wildman–Crippen LogP) is 3.72. The van der Waals surface area contributed by atoms with Crippen LogP contribution in [-0.2, 0) is 12.8 Å². The molecule has 1 N–H and O–H groups in total. The Kier molecular flexibility index (Phi) is 4.57. The molecule has 0 saturated heterocycles. The fourth-order valence-electron chi connectivity index (χ4n) is 2.49. The number of fused-ring (bicyclic) bond motifs is 1. The lowest BCUT2D eigenvalue weighted by molar-refractivity contribution is 0.382. The van der Waals surface area contributed by atoms with E-state index in [4.69, 9.17) is 4.98 Å². The van der Waals surface area contributed by atoms with Crippen LogP contribution in [-0.4, -0.2) is 11.5 Å². The van der Waals surface area contributed by atoms with Gasteiger partial charge in [0.25, 0.3) is 0 Å². The molecule has 2 atom stereocenters. The van der Waals surface area contributed by atoms with Gasteiger partial charge in [0.15, 0.2) is 0 Å². The normalized spacial score (nSPS) is 18.8. The van der Waals surface area contributed by atoms with Crippen molar-refractivity contribution in [2.75, 3.05) is 6.54 Å². The van der Waals surface area contributed by atoms with Gasteiger partial charge < -0.3 is 5.32 Å². The van der Waals surface area contributed by atoms with Gasteiger partial charge in [-0.3, -0.25) is 0 Å². The molecule has 1 heterocycles. The van der Waals surface area contributed by atoms with Crippen LogP contribution < -0.4 is 5.32 Å². The minimum atomic E-state index is 0.459. The standard InChI is InChI=1S/C14H24N2S/c1-4-10(3)13(15-5-2)14-16-11-8-6-7-9-12(11)17-14/h10,13,15H,4-9H2,1-3H3. The minimum Gasteiger partial charge on any atom is -0.308 e. The Morgan fingerprint density at radius 1 is 1.29 bits per heavy atom. The quantitative estimate of drug-likeness (QED) is 0.864. The van der Waals surface area contributed by atoms with Crippen molar-refractivity contribution in [1.29, 1.82) is 0 Å². The largest absolute Gasteiger partial charge is 0.308 e. The zero-order chi connectivity index (χ0) is 12.3. The van der Waals surface area contributed by atoms with Gasteiger partial charge in [-0.2, -0.15) is 0 Å². The van der Waals surface area contributed by atoms with E-state index in [1.807, 2.05) is 11.3 Å². The van der Waals surface area contributed by atoms with Crippen molar-refractivity contribution in [3.8, 4) is 0 Å². The van der Waals surface area contributed by atoms with Crippen molar-refractivity contribution in [2.45, 2.75) is 58.9 Å². The summed E-state index contributed by atoms with van der Waals surface area (Å²) in [5.41, 5.74) is 1.39. The first-order valence-electron chi connectivity index (χ1n) is 6.98. The minimum absolute atomic E-state index is 0.459. The van der Waals surface area contributed by atoms with E-state index in [-0.39, 0.29) is 0 Å². The van der Waals surface area contributed by atoms with Gasteiger partial charge in [-0.1, -0.05) is 27.2 Å². The Balaban J connectivity index is 2.20. The van der Waals surface area contributed by atoms with Gasteiger partial charge in [-0.15, -0.1) is 11.3 Å². The van der Waals surface area contributed by atoms with Gasteiger partial charge in [-0.05, 0) is 38.1 Å². The second-order valence-electron chi connectivity index (χ2n) is 5.05. The van der Waals surface area contributed by atoms with E-state index >= 15 is 0 Å². The molecule has 1 aromatic rings. The molecule has 17 heavy (non-hydrogen) atoms. The van der Waals surface area contributed by atoms with Crippen LogP contribution in [0.1, 0.15) is 61.7 Å². The molecule has 1 aliphatic carbocycles. The Bertz CT molecular complexity index is 336. The van der Waals surface area contributed by atoms with Gasteiger partial charge >= 0.3 is 0 Å². The monoisotopic (exact) mass is 252 g/mol. The summed E-state index contributed by atoms with van der Waals surface area (Å²) in [4.78, 5) is 6.45. The van der Waals surface area contributed by atoms with Crippen molar-refractivity contribution in [1.82, 2.24) is 10.3 Å². The van der Waals surface area contributed by atoms with Gasteiger partial charge in [0, 0.05) is 4.88 Å². The summed E-state index contributed by atoms with van der Waals surface area (Å²) in [6.07, 6.45) is 6.34. The van der Waals surface area contributed by atoms with Crippen LogP contribution in [0.2, 0.25) is 0 Å². The van der Waals surface area contributed by atoms with Crippen molar-refractivity contribution in [3.05, 3.63) is 15.6 Å². The molecule has 0 bridgehead atoms. The summed E-state index contributed by atoms with van der Waals surface area (Å²) in [7, 11) is 0. The van der Waals surface area contributed by atoms with Crippen LogP contribution in [0, 0.1) is 5.92 Å². The van der Waals surface area contributed by atoms with Gasteiger partial charge in [0.2, 0.25) is 0 Å². The molecular weight excluding hydrogens is 228 g/mol. The van der Waals surface area contributed by atoms with E-state index in [0.717, 1.165) is 6.54 Å². The first-order valence-corrected chi connectivity index (χ1v) is 7.79. The molecule has 1 aromatic heterocycles. The summed E-state index contributed by atoms with van der Waals surface area (Å²) >= 11 is 1.95. The predicted molar refractivity (Wildman–Crippen MR) is 74.6 cm³/mol. The zero-order valence-electron chi connectivity index (χ0n) is 11.3. The fourth-order valence-corrected chi connectivity index (χ4v) is 3.86. The van der Waals surface area contributed by atoms with Gasteiger partial charge in [-0.25, -0.2) is 4.98 Å². The summed E-state index contributed by atoms with van der Waals surface area (Å²) < 4.78 is 0. The van der Waals surface area contributed by atoms with E-state index < -0.39 is 0 Å². The van der Waals surface area contributed by atoms with E-state index in [9.17, 15) is 0 Å². The Morgan fingerprint density at radius 2 is 2.06 bits per heavy atom. The summed E-state index contributed by atoms with van der Waals surface area (Å²) in [6.45, 7) is 7.80. The summed E-state index contributed by atoms with van der Waals surface area (Å²) in [6, 6.07) is 0.459. The number of nitrogens with zero attached hydrogens (tertiary/aromatic N) is 1. The van der Waals surface area contributed by atoms with Crippen molar-refractivity contribution < 1.29 is 0 Å². The maximum absolute atomic E-state index is 4.89. The maximum atomic E-state index is 4.89. The first kappa shape index (κ1) is 13.0. The highest BCUT2D eigenvalue weighted by Gasteiger charge is 2.23. The molecule has 0 spiro atoms. The topological polar surface area (TPSA) is 24.9 Å². The number of thiazole rings is 1. The molecule has 0 fully saturated rings. The molecule has 0 aliphatic heterocycles. The van der Waals surface area contributed by atoms with E-state index in [1.165, 1.54) is 42.8 Å². The molecule has 2 unspecified atom stereocenters. The molecule has 2 rings (SSSR count). The van der Waals surface area contributed by atoms with E-state index in [0.29, 0.717) is 12.0 Å². The number of aryl methyl sites for hydroxylation is 2. The summed E-state index contributed by atoms with van der Waals surface area (Å²) in [5.74, 6) is 0.669. The van der Waals surface area contributed by atoms with Crippen LogP contribution in [0.3, 0.4) is 0 Å². The molecular formula is C14H24N2S. The number of rotatable bonds is 5. The average Bonchev–Trinajstić information content (AvgIpc) is 2.78. The third-order valence-corrected chi connectivity index (χ3v) is 5.01. The highest BCUT2D eigenvalue weighted by Crippen LogP contribution is 2.33. The molecule has 96 valence electrons. The number of nitrogens with one attached hydrogen (secondary N) is 1. The second-order valence-corrected chi connectivity index (χ2v) is 6.17. The molecule has 0 radical (unpaired) electrons. The molecule has 2 nitrogen and oxygen atoms in total. The van der Waals surface area contributed by atoms with E-state index in [1.54, 1.807) is 4.88 Å². The van der Waals surface area contributed by atoms with Crippen LogP contribution in [0.5, 0.6) is 0 Å². The third kappa shape index (κ3) is 2.89. The highest BCUT2D eigenvalue weighted by molar-refractivity contribution is 7.11. The zero-order valence-corrected chi connectivity index (χ0v) is 12.1. The summed E-state index contributed by atoms with van der Waals surface area (Å²) in [5, 5.41) is 4.93. The van der Waals surface area contributed by atoms with Gasteiger partial charge in [0.1, 0.15) is 5.01 Å². The molecule has 3 heteroatoms.